The summed E-state index contributed by atoms with van der Waals surface area (Å²) in [6.07, 6.45) is 8.59. The van der Waals surface area contributed by atoms with Gasteiger partial charge in [0.2, 0.25) is 11.8 Å². The molecule has 0 saturated heterocycles. The second-order valence-corrected chi connectivity index (χ2v) is 7.00. The molecule has 25 heavy (non-hydrogen) atoms. The van der Waals surface area contributed by atoms with Gasteiger partial charge in [0.05, 0.1) is 13.1 Å². The van der Waals surface area contributed by atoms with E-state index in [1.165, 1.54) is 0 Å². The molecule has 1 saturated carbocycles. The number of carbonyl (C=O) groups excluding carboxylic acids is 2. The number of nitrogens with one attached hydrogen (secondary N) is 4. The van der Waals surface area contributed by atoms with E-state index in [1.807, 2.05) is 36.7 Å². The molecule has 0 radical (unpaired) electrons. The first-order chi connectivity index (χ1) is 12.2. The minimum atomic E-state index is -0.195. The lowest BCUT2D eigenvalue weighted by molar-refractivity contribution is -0.126. The van der Waals surface area contributed by atoms with Gasteiger partial charge in [0.25, 0.3) is 0 Å². The Labute approximate surface area is 147 Å². The number of rotatable bonds is 8. The summed E-state index contributed by atoms with van der Waals surface area (Å²) < 4.78 is 0. The van der Waals surface area contributed by atoms with Crippen molar-refractivity contribution in [1.29, 1.82) is 0 Å². The highest BCUT2D eigenvalue weighted by atomic mass is 16.2. The first-order valence-corrected chi connectivity index (χ1v) is 8.93. The lowest BCUT2D eigenvalue weighted by Gasteiger charge is -2.27. The Bertz CT molecular complexity index is 616. The molecule has 0 bridgehead atoms. The zero-order valence-electron chi connectivity index (χ0n) is 14.4. The van der Waals surface area contributed by atoms with Crippen molar-refractivity contribution in [2.45, 2.75) is 51.6 Å². The summed E-state index contributed by atoms with van der Waals surface area (Å²) in [6, 6.07) is 7.71. The van der Waals surface area contributed by atoms with Crippen molar-refractivity contribution < 1.29 is 9.59 Å². The number of carbonyl (C=O) groups is 2. The normalized spacial score (nSPS) is 15.8. The maximum Gasteiger partial charge on any atom is 0.220 e. The largest absolute Gasteiger partial charge is 0.364 e. The highest BCUT2D eigenvalue weighted by Crippen LogP contribution is 2.44. The van der Waals surface area contributed by atoms with Crippen molar-refractivity contribution in [2.24, 2.45) is 5.41 Å². The summed E-state index contributed by atoms with van der Waals surface area (Å²) in [7, 11) is 0. The molecule has 0 unspecified atom stereocenters. The molecular weight excluding hydrogens is 316 g/mol. The molecule has 0 atom stereocenters. The van der Waals surface area contributed by atoms with Gasteiger partial charge in [0.15, 0.2) is 0 Å². The van der Waals surface area contributed by atoms with Crippen LogP contribution in [0.5, 0.6) is 0 Å². The summed E-state index contributed by atoms with van der Waals surface area (Å²) in [5, 5.41) is 5.91. The Morgan fingerprint density at radius 2 is 1.36 bits per heavy atom. The van der Waals surface area contributed by atoms with E-state index < -0.39 is 0 Å². The number of aromatic nitrogens is 2. The molecule has 1 fully saturated rings. The van der Waals surface area contributed by atoms with E-state index in [1.54, 1.807) is 0 Å². The fourth-order valence-corrected chi connectivity index (χ4v) is 3.69. The Kier molecular flexibility index (Phi) is 5.58. The summed E-state index contributed by atoms with van der Waals surface area (Å²) in [4.78, 5) is 30.9. The monoisotopic (exact) mass is 342 g/mol. The minimum absolute atomic E-state index is 0.0219. The van der Waals surface area contributed by atoms with Crippen LogP contribution in [0.4, 0.5) is 0 Å². The van der Waals surface area contributed by atoms with Crippen LogP contribution in [-0.2, 0) is 22.7 Å². The maximum atomic E-state index is 12.4. The summed E-state index contributed by atoms with van der Waals surface area (Å²) in [6.45, 7) is 1.00. The molecule has 0 spiro atoms. The molecule has 0 aliphatic heterocycles. The van der Waals surface area contributed by atoms with Crippen LogP contribution in [0.2, 0.25) is 0 Å². The van der Waals surface area contributed by atoms with E-state index in [9.17, 15) is 9.59 Å². The molecular formula is C19H26N4O2. The maximum absolute atomic E-state index is 12.4. The van der Waals surface area contributed by atoms with Crippen LogP contribution in [-0.4, -0.2) is 21.8 Å². The smallest absolute Gasteiger partial charge is 0.220 e. The molecule has 6 nitrogen and oxygen atoms in total. The highest BCUT2D eigenvalue weighted by molar-refractivity contribution is 5.80. The average molecular weight is 342 g/mol. The third kappa shape index (κ3) is 4.98. The van der Waals surface area contributed by atoms with E-state index in [4.69, 9.17) is 0 Å². The van der Waals surface area contributed by atoms with E-state index in [-0.39, 0.29) is 17.2 Å². The summed E-state index contributed by atoms with van der Waals surface area (Å²) >= 11 is 0. The Morgan fingerprint density at radius 1 is 0.880 bits per heavy atom. The van der Waals surface area contributed by atoms with Gasteiger partial charge in [0.1, 0.15) is 0 Å². The van der Waals surface area contributed by atoms with Gasteiger partial charge in [-0.3, -0.25) is 9.59 Å². The number of aromatic amines is 2. The van der Waals surface area contributed by atoms with Crippen LogP contribution in [0.3, 0.4) is 0 Å². The van der Waals surface area contributed by atoms with Crippen molar-refractivity contribution in [2.75, 3.05) is 0 Å². The SMILES string of the molecule is O=C(CC1(CC(=O)NCc2ccc[nH]2)CCCC1)NCc1ccc[nH]1. The van der Waals surface area contributed by atoms with Crippen molar-refractivity contribution in [3.05, 3.63) is 48.0 Å². The molecule has 2 heterocycles. The zero-order chi connectivity index (χ0) is 17.5. The number of hydrogen-bond acceptors (Lipinski definition) is 2. The molecule has 3 rings (SSSR count). The predicted molar refractivity (Wildman–Crippen MR) is 95.4 cm³/mol. The first kappa shape index (κ1) is 17.3. The van der Waals surface area contributed by atoms with Gasteiger partial charge in [-0.1, -0.05) is 12.8 Å². The fourth-order valence-electron chi connectivity index (χ4n) is 3.69. The molecule has 2 aromatic heterocycles. The Morgan fingerprint density at radius 3 is 1.76 bits per heavy atom. The lowest BCUT2D eigenvalue weighted by atomic mass is 9.79. The minimum Gasteiger partial charge on any atom is -0.364 e. The van der Waals surface area contributed by atoms with Gasteiger partial charge in [-0.05, 0) is 42.5 Å². The molecule has 1 aliphatic carbocycles. The highest BCUT2D eigenvalue weighted by Gasteiger charge is 2.37. The van der Waals surface area contributed by atoms with Crippen LogP contribution in [0.1, 0.15) is 49.9 Å². The topological polar surface area (TPSA) is 89.8 Å². The van der Waals surface area contributed by atoms with Gasteiger partial charge in [-0.15, -0.1) is 0 Å². The Balaban J connectivity index is 1.49. The molecule has 2 amide bonds. The second kappa shape index (κ2) is 8.05. The van der Waals surface area contributed by atoms with Crippen LogP contribution >= 0.6 is 0 Å². The molecule has 6 heteroatoms. The van der Waals surface area contributed by atoms with E-state index in [2.05, 4.69) is 20.6 Å². The molecule has 134 valence electrons. The van der Waals surface area contributed by atoms with Gasteiger partial charge < -0.3 is 20.6 Å². The van der Waals surface area contributed by atoms with E-state index in [0.717, 1.165) is 37.1 Å². The van der Waals surface area contributed by atoms with Crippen LogP contribution in [0.15, 0.2) is 36.7 Å². The second-order valence-electron chi connectivity index (χ2n) is 7.00. The molecule has 2 aromatic rings. The van der Waals surface area contributed by atoms with Gasteiger partial charge in [0, 0.05) is 36.6 Å². The van der Waals surface area contributed by atoms with E-state index >= 15 is 0 Å². The third-order valence-corrected chi connectivity index (χ3v) is 5.01. The predicted octanol–water partition coefficient (Wildman–Crippen LogP) is 2.62. The molecule has 1 aliphatic rings. The molecule has 4 N–H and O–H groups in total. The zero-order valence-corrected chi connectivity index (χ0v) is 14.4. The van der Waals surface area contributed by atoms with Gasteiger partial charge >= 0.3 is 0 Å². The summed E-state index contributed by atoms with van der Waals surface area (Å²) in [5.41, 5.74) is 1.77. The van der Waals surface area contributed by atoms with E-state index in [0.29, 0.717) is 25.9 Å². The van der Waals surface area contributed by atoms with Crippen LogP contribution in [0.25, 0.3) is 0 Å². The van der Waals surface area contributed by atoms with Crippen molar-refractivity contribution >= 4 is 11.8 Å². The molecule has 0 aromatic carbocycles. The van der Waals surface area contributed by atoms with Crippen molar-refractivity contribution in [1.82, 2.24) is 20.6 Å². The first-order valence-electron chi connectivity index (χ1n) is 8.93. The third-order valence-electron chi connectivity index (χ3n) is 5.01. The van der Waals surface area contributed by atoms with Gasteiger partial charge in [-0.25, -0.2) is 0 Å². The quantitative estimate of drug-likeness (QED) is 0.594. The standard InChI is InChI=1S/C19H26N4O2/c24-17(22-13-15-5-3-9-20-15)11-19(7-1-2-8-19)12-18(25)23-14-16-6-4-10-21-16/h3-6,9-10,20-21H,1-2,7-8,11-14H2,(H,22,24)(H,23,25). The van der Waals surface area contributed by atoms with Gasteiger partial charge in [-0.2, -0.15) is 0 Å². The van der Waals surface area contributed by atoms with Crippen LogP contribution in [0, 0.1) is 5.41 Å². The fraction of sp³-hybridized carbons (Fsp3) is 0.474. The number of hydrogen-bond donors (Lipinski definition) is 4. The number of H-pyrrole nitrogens is 2. The number of amides is 2. The average Bonchev–Trinajstić information content (AvgIpc) is 3.34. The van der Waals surface area contributed by atoms with Crippen molar-refractivity contribution in [3.8, 4) is 0 Å². The van der Waals surface area contributed by atoms with Crippen molar-refractivity contribution in [3.63, 3.8) is 0 Å². The summed E-state index contributed by atoms with van der Waals surface area (Å²) in [5.74, 6) is 0.0438. The lowest BCUT2D eigenvalue weighted by Crippen LogP contribution is -2.35. The Hall–Kier alpha value is -2.50. The van der Waals surface area contributed by atoms with Crippen LogP contribution < -0.4 is 10.6 Å².